The van der Waals surface area contributed by atoms with E-state index in [1.54, 1.807) is 6.20 Å². The molecule has 0 aliphatic carbocycles. The molecule has 27 heavy (non-hydrogen) atoms. The second-order valence-corrected chi connectivity index (χ2v) is 7.40. The highest BCUT2D eigenvalue weighted by Crippen LogP contribution is 2.23. The van der Waals surface area contributed by atoms with Crippen LogP contribution in [0.1, 0.15) is 29.2 Å². The lowest BCUT2D eigenvalue weighted by Gasteiger charge is -2.37. The summed E-state index contributed by atoms with van der Waals surface area (Å²) in [7, 11) is 0. The Labute approximate surface area is 160 Å². The van der Waals surface area contributed by atoms with E-state index < -0.39 is 0 Å². The monoisotopic (exact) mass is 365 g/mol. The maximum absolute atomic E-state index is 12.7. The lowest BCUT2D eigenvalue weighted by Crippen LogP contribution is -2.55. The largest absolute Gasteiger partial charge is 0.340 e. The number of hydrogen-bond acceptors (Lipinski definition) is 5. The van der Waals surface area contributed by atoms with Gasteiger partial charge in [-0.05, 0) is 36.1 Å². The van der Waals surface area contributed by atoms with E-state index in [1.807, 2.05) is 29.3 Å². The van der Waals surface area contributed by atoms with Crippen LogP contribution in [0.5, 0.6) is 0 Å². The summed E-state index contributed by atoms with van der Waals surface area (Å²) < 4.78 is 0. The van der Waals surface area contributed by atoms with Crippen molar-refractivity contribution in [3.63, 3.8) is 0 Å². The van der Waals surface area contributed by atoms with E-state index in [0.29, 0.717) is 12.6 Å². The molecule has 2 atom stereocenters. The van der Waals surface area contributed by atoms with E-state index in [1.165, 1.54) is 11.1 Å². The van der Waals surface area contributed by atoms with E-state index in [-0.39, 0.29) is 11.9 Å². The molecule has 1 amide bonds. The lowest BCUT2D eigenvalue weighted by atomic mass is 10.0. The van der Waals surface area contributed by atoms with E-state index in [0.717, 1.165) is 38.2 Å². The highest BCUT2D eigenvalue weighted by molar-refractivity contribution is 5.79. The van der Waals surface area contributed by atoms with Crippen LogP contribution >= 0.6 is 0 Å². The van der Waals surface area contributed by atoms with E-state index >= 15 is 0 Å². The molecule has 142 valence electrons. The molecule has 1 aromatic heterocycles. The van der Waals surface area contributed by atoms with Crippen LogP contribution in [0.3, 0.4) is 0 Å². The number of carbonyl (C=O) groups is 1. The molecule has 2 saturated heterocycles. The molecular formula is C21H27N5O. The van der Waals surface area contributed by atoms with Crippen molar-refractivity contribution in [2.75, 3.05) is 26.2 Å². The minimum atomic E-state index is 0.231. The Bertz CT molecular complexity index is 773. The summed E-state index contributed by atoms with van der Waals surface area (Å²) in [5.74, 6) is 0.231. The molecule has 0 saturated carbocycles. The Morgan fingerprint density at radius 2 is 1.93 bits per heavy atom. The van der Waals surface area contributed by atoms with Crippen molar-refractivity contribution in [2.45, 2.75) is 32.0 Å². The standard InChI is InChI=1S/C21H27N5O/c1-16-5-2-3-6-17(16)13-21(27)26-11-9-25(10-12-26)20-14-19(23-24-20)18-7-4-8-22-15-18/h2-8,15,19-20,23-24H,9-14H2,1H3. The Morgan fingerprint density at radius 3 is 2.67 bits per heavy atom. The first kappa shape index (κ1) is 18.1. The van der Waals surface area contributed by atoms with Crippen LogP contribution in [0, 0.1) is 6.92 Å². The second-order valence-electron chi connectivity index (χ2n) is 7.40. The number of nitrogens with zero attached hydrogens (tertiary/aromatic N) is 3. The van der Waals surface area contributed by atoms with Crippen molar-refractivity contribution in [1.29, 1.82) is 0 Å². The number of rotatable bonds is 4. The predicted octanol–water partition coefficient (Wildman–Crippen LogP) is 1.64. The fourth-order valence-corrected chi connectivity index (χ4v) is 3.95. The van der Waals surface area contributed by atoms with Gasteiger partial charge >= 0.3 is 0 Å². The van der Waals surface area contributed by atoms with Crippen LogP contribution in [0.4, 0.5) is 0 Å². The molecule has 0 bridgehead atoms. The number of aryl methyl sites for hydroxylation is 1. The average Bonchev–Trinajstić information content (AvgIpc) is 3.21. The quantitative estimate of drug-likeness (QED) is 0.863. The van der Waals surface area contributed by atoms with Crippen LogP contribution in [-0.2, 0) is 11.2 Å². The zero-order valence-electron chi connectivity index (χ0n) is 15.8. The van der Waals surface area contributed by atoms with Gasteiger partial charge in [0.05, 0.1) is 18.6 Å². The van der Waals surface area contributed by atoms with Gasteiger partial charge < -0.3 is 4.90 Å². The van der Waals surface area contributed by atoms with Crippen LogP contribution in [0.25, 0.3) is 0 Å². The third-order valence-corrected chi connectivity index (χ3v) is 5.68. The van der Waals surface area contributed by atoms with Gasteiger partial charge in [-0.25, -0.2) is 10.9 Å². The van der Waals surface area contributed by atoms with E-state index in [9.17, 15) is 4.79 Å². The first-order chi connectivity index (χ1) is 13.2. The summed E-state index contributed by atoms with van der Waals surface area (Å²) in [6.45, 7) is 5.45. The minimum Gasteiger partial charge on any atom is -0.340 e. The van der Waals surface area contributed by atoms with Crippen molar-refractivity contribution in [1.82, 2.24) is 25.6 Å². The minimum absolute atomic E-state index is 0.231. The Morgan fingerprint density at radius 1 is 1.11 bits per heavy atom. The highest BCUT2D eigenvalue weighted by Gasteiger charge is 2.32. The van der Waals surface area contributed by atoms with Gasteiger partial charge in [-0.15, -0.1) is 0 Å². The van der Waals surface area contributed by atoms with Gasteiger partial charge in [-0.1, -0.05) is 30.3 Å². The molecule has 4 rings (SSSR count). The third-order valence-electron chi connectivity index (χ3n) is 5.68. The van der Waals surface area contributed by atoms with Crippen LogP contribution in [0.15, 0.2) is 48.8 Å². The molecule has 2 fully saturated rings. The molecule has 2 N–H and O–H groups in total. The normalized spacial score (nSPS) is 23.5. The molecule has 0 spiro atoms. The molecule has 1 aromatic carbocycles. The number of hydrogen-bond donors (Lipinski definition) is 2. The van der Waals surface area contributed by atoms with Gasteiger partial charge in [-0.3, -0.25) is 14.7 Å². The zero-order valence-corrected chi connectivity index (χ0v) is 15.8. The van der Waals surface area contributed by atoms with Crippen molar-refractivity contribution in [3.05, 3.63) is 65.5 Å². The maximum atomic E-state index is 12.7. The van der Waals surface area contributed by atoms with Crippen LogP contribution < -0.4 is 10.9 Å². The summed E-state index contributed by atoms with van der Waals surface area (Å²) in [5, 5.41) is 0. The SMILES string of the molecule is Cc1ccccc1CC(=O)N1CCN(C2CC(c3cccnc3)NN2)CC1. The molecule has 2 aromatic rings. The fourth-order valence-electron chi connectivity index (χ4n) is 3.95. The van der Waals surface area contributed by atoms with Crippen molar-refractivity contribution in [3.8, 4) is 0 Å². The summed E-state index contributed by atoms with van der Waals surface area (Å²) in [4.78, 5) is 21.3. The fraction of sp³-hybridized carbons (Fsp3) is 0.429. The lowest BCUT2D eigenvalue weighted by molar-refractivity contribution is -0.132. The number of nitrogens with one attached hydrogen (secondary N) is 2. The van der Waals surface area contributed by atoms with Gasteiger partial charge in [0.1, 0.15) is 0 Å². The third kappa shape index (κ3) is 4.18. The summed E-state index contributed by atoms with van der Waals surface area (Å²) in [6, 6.07) is 12.5. The molecule has 3 heterocycles. The number of carbonyl (C=O) groups excluding carboxylic acids is 1. The Balaban J connectivity index is 1.28. The van der Waals surface area contributed by atoms with Crippen molar-refractivity contribution < 1.29 is 4.79 Å². The molecule has 2 aliphatic rings. The molecule has 6 nitrogen and oxygen atoms in total. The average molecular weight is 365 g/mol. The maximum Gasteiger partial charge on any atom is 0.227 e. The zero-order chi connectivity index (χ0) is 18.6. The molecule has 2 aliphatic heterocycles. The second kappa shape index (κ2) is 8.17. The first-order valence-corrected chi connectivity index (χ1v) is 9.68. The van der Waals surface area contributed by atoms with E-state index in [2.05, 4.69) is 45.9 Å². The Hall–Kier alpha value is -2.28. The van der Waals surface area contributed by atoms with E-state index in [4.69, 9.17) is 0 Å². The van der Waals surface area contributed by atoms with Crippen LogP contribution in [0.2, 0.25) is 0 Å². The van der Waals surface area contributed by atoms with Crippen molar-refractivity contribution in [2.24, 2.45) is 0 Å². The predicted molar refractivity (Wildman–Crippen MR) is 105 cm³/mol. The number of hydrazine groups is 1. The number of amides is 1. The number of benzene rings is 1. The number of pyridine rings is 1. The first-order valence-electron chi connectivity index (χ1n) is 9.68. The topological polar surface area (TPSA) is 60.5 Å². The smallest absolute Gasteiger partial charge is 0.227 e. The molecule has 6 heteroatoms. The van der Waals surface area contributed by atoms with Gasteiger partial charge in [0.25, 0.3) is 0 Å². The molecule has 0 radical (unpaired) electrons. The highest BCUT2D eigenvalue weighted by atomic mass is 16.2. The van der Waals surface area contributed by atoms with Gasteiger partial charge in [0.15, 0.2) is 0 Å². The number of piperazine rings is 1. The summed E-state index contributed by atoms with van der Waals surface area (Å²) in [6.07, 6.45) is 5.52. The summed E-state index contributed by atoms with van der Waals surface area (Å²) >= 11 is 0. The van der Waals surface area contributed by atoms with Gasteiger partial charge in [0, 0.05) is 38.6 Å². The van der Waals surface area contributed by atoms with Crippen molar-refractivity contribution >= 4 is 5.91 Å². The Kier molecular flexibility index (Phi) is 5.48. The van der Waals surface area contributed by atoms with Crippen LogP contribution in [-0.4, -0.2) is 53.0 Å². The summed E-state index contributed by atoms with van der Waals surface area (Å²) in [5.41, 5.74) is 10.3. The van der Waals surface area contributed by atoms with Gasteiger partial charge in [0.2, 0.25) is 5.91 Å². The van der Waals surface area contributed by atoms with Gasteiger partial charge in [-0.2, -0.15) is 0 Å². The molecule has 2 unspecified atom stereocenters. The number of aromatic nitrogens is 1. The molecular weight excluding hydrogens is 338 g/mol.